The Labute approximate surface area is 99.8 Å². The van der Waals surface area contributed by atoms with Gasteiger partial charge in [0.25, 0.3) is 0 Å². The highest BCUT2D eigenvalue weighted by Gasteiger charge is 2.18. The van der Waals surface area contributed by atoms with E-state index in [1.165, 1.54) is 24.3 Å². The summed E-state index contributed by atoms with van der Waals surface area (Å²) in [6.07, 6.45) is 0.545. The van der Waals surface area contributed by atoms with E-state index >= 15 is 0 Å². The minimum absolute atomic E-state index is 0.163. The molecule has 17 heavy (non-hydrogen) atoms. The highest BCUT2D eigenvalue weighted by molar-refractivity contribution is 5.89. The number of nitrogens with one attached hydrogen (secondary N) is 2. The van der Waals surface area contributed by atoms with Crippen LogP contribution in [0.1, 0.15) is 20.3 Å². The molecule has 0 heterocycles. The van der Waals surface area contributed by atoms with Gasteiger partial charge in [0.05, 0.1) is 5.60 Å². The van der Waals surface area contributed by atoms with Gasteiger partial charge in [-0.05, 0) is 37.6 Å². The van der Waals surface area contributed by atoms with Gasteiger partial charge in [-0.15, -0.1) is 0 Å². The fourth-order valence-corrected chi connectivity index (χ4v) is 1.10. The van der Waals surface area contributed by atoms with Gasteiger partial charge in [0, 0.05) is 12.2 Å². The van der Waals surface area contributed by atoms with Gasteiger partial charge >= 0.3 is 6.03 Å². The molecule has 1 atom stereocenters. The van der Waals surface area contributed by atoms with Crippen LogP contribution in [0.15, 0.2) is 24.3 Å². The maximum absolute atomic E-state index is 12.6. The lowest BCUT2D eigenvalue weighted by atomic mass is 10.0. The number of carbonyl (C=O) groups is 1. The largest absolute Gasteiger partial charge is 0.388 e. The maximum Gasteiger partial charge on any atom is 0.319 e. The van der Waals surface area contributed by atoms with Crippen molar-refractivity contribution in [1.29, 1.82) is 0 Å². The Morgan fingerprint density at radius 3 is 2.53 bits per heavy atom. The molecule has 3 N–H and O–H groups in total. The fourth-order valence-electron chi connectivity index (χ4n) is 1.10. The Hall–Kier alpha value is -1.62. The molecule has 5 heteroatoms. The highest BCUT2D eigenvalue weighted by Crippen LogP contribution is 2.09. The lowest BCUT2D eigenvalue weighted by molar-refractivity contribution is 0.0587. The molecule has 4 nitrogen and oxygen atoms in total. The topological polar surface area (TPSA) is 61.4 Å². The minimum atomic E-state index is -0.917. The van der Waals surface area contributed by atoms with E-state index in [1.807, 2.05) is 6.92 Å². The van der Waals surface area contributed by atoms with Crippen molar-refractivity contribution in [3.05, 3.63) is 30.1 Å². The van der Waals surface area contributed by atoms with Crippen LogP contribution in [0.25, 0.3) is 0 Å². The van der Waals surface area contributed by atoms with Crippen LogP contribution in [0.3, 0.4) is 0 Å². The Bertz CT molecular complexity index is 377. The molecule has 1 rings (SSSR count). The molecule has 0 saturated carbocycles. The minimum Gasteiger partial charge on any atom is -0.388 e. The quantitative estimate of drug-likeness (QED) is 0.754. The van der Waals surface area contributed by atoms with E-state index in [9.17, 15) is 14.3 Å². The Morgan fingerprint density at radius 2 is 2.00 bits per heavy atom. The number of halogens is 1. The average molecular weight is 240 g/mol. The maximum atomic E-state index is 12.6. The second-order valence-corrected chi connectivity index (χ2v) is 4.17. The molecule has 0 bridgehead atoms. The Morgan fingerprint density at radius 1 is 1.41 bits per heavy atom. The van der Waals surface area contributed by atoms with E-state index in [4.69, 9.17) is 0 Å². The molecule has 1 aromatic carbocycles. The third-order valence-electron chi connectivity index (χ3n) is 2.49. The van der Waals surface area contributed by atoms with E-state index in [0.717, 1.165) is 0 Å². The van der Waals surface area contributed by atoms with Gasteiger partial charge < -0.3 is 15.7 Å². The van der Waals surface area contributed by atoms with Crippen molar-refractivity contribution in [2.45, 2.75) is 25.9 Å². The first-order valence-electron chi connectivity index (χ1n) is 5.46. The van der Waals surface area contributed by atoms with E-state index in [-0.39, 0.29) is 12.4 Å². The van der Waals surface area contributed by atoms with Crippen LogP contribution < -0.4 is 10.6 Å². The summed E-state index contributed by atoms with van der Waals surface area (Å²) in [7, 11) is 0. The number of hydrogen-bond donors (Lipinski definition) is 3. The zero-order chi connectivity index (χ0) is 12.9. The van der Waals surface area contributed by atoms with Gasteiger partial charge in [-0.2, -0.15) is 0 Å². The molecule has 0 aliphatic rings. The SMILES string of the molecule is CC[C@](C)(O)CNC(=O)Nc1ccc(F)cc1. The molecule has 0 aromatic heterocycles. The number of rotatable bonds is 4. The second kappa shape index (κ2) is 5.63. The van der Waals surface area contributed by atoms with Crippen molar-refractivity contribution in [3.8, 4) is 0 Å². The first-order chi connectivity index (χ1) is 7.93. The molecule has 2 amide bonds. The summed E-state index contributed by atoms with van der Waals surface area (Å²) in [4.78, 5) is 11.4. The van der Waals surface area contributed by atoms with Crippen LogP contribution in [0, 0.1) is 5.82 Å². The predicted molar refractivity (Wildman–Crippen MR) is 64.3 cm³/mol. The molecular formula is C12H17FN2O2. The summed E-state index contributed by atoms with van der Waals surface area (Å²) in [5, 5.41) is 14.8. The van der Waals surface area contributed by atoms with Gasteiger partial charge in [0.15, 0.2) is 0 Å². The summed E-state index contributed by atoms with van der Waals surface area (Å²) < 4.78 is 12.6. The number of urea groups is 1. The second-order valence-electron chi connectivity index (χ2n) is 4.17. The molecule has 0 radical (unpaired) electrons. The zero-order valence-electron chi connectivity index (χ0n) is 9.96. The molecule has 0 saturated heterocycles. The van der Waals surface area contributed by atoms with Crippen LogP contribution in [0.5, 0.6) is 0 Å². The predicted octanol–water partition coefficient (Wildman–Crippen LogP) is 2.11. The number of benzene rings is 1. The smallest absolute Gasteiger partial charge is 0.319 e. The summed E-state index contributed by atoms with van der Waals surface area (Å²) in [6, 6.07) is 5.03. The number of amides is 2. The van der Waals surface area contributed by atoms with E-state index in [1.54, 1.807) is 6.92 Å². The van der Waals surface area contributed by atoms with Crippen molar-refractivity contribution in [2.24, 2.45) is 0 Å². The van der Waals surface area contributed by atoms with Gasteiger partial charge in [-0.1, -0.05) is 6.92 Å². The van der Waals surface area contributed by atoms with Crippen molar-refractivity contribution >= 4 is 11.7 Å². The van der Waals surface area contributed by atoms with Gasteiger partial charge in [0.1, 0.15) is 5.82 Å². The van der Waals surface area contributed by atoms with Crippen molar-refractivity contribution in [3.63, 3.8) is 0 Å². The molecule has 0 unspecified atom stereocenters. The molecular weight excluding hydrogens is 223 g/mol. The van der Waals surface area contributed by atoms with E-state index in [0.29, 0.717) is 12.1 Å². The van der Waals surface area contributed by atoms with Crippen molar-refractivity contribution in [2.75, 3.05) is 11.9 Å². The molecule has 0 fully saturated rings. The summed E-state index contributed by atoms with van der Waals surface area (Å²) >= 11 is 0. The summed E-state index contributed by atoms with van der Waals surface area (Å²) in [6.45, 7) is 3.64. The third-order valence-corrected chi connectivity index (χ3v) is 2.49. The number of hydrogen-bond acceptors (Lipinski definition) is 2. The molecule has 1 aromatic rings. The third kappa shape index (κ3) is 4.82. The van der Waals surface area contributed by atoms with Crippen LogP contribution in [0.4, 0.5) is 14.9 Å². The summed E-state index contributed by atoms with van der Waals surface area (Å²) in [5.74, 6) is -0.357. The van der Waals surface area contributed by atoms with Crippen LogP contribution in [-0.4, -0.2) is 23.3 Å². The van der Waals surface area contributed by atoms with Crippen molar-refractivity contribution in [1.82, 2.24) is 5.32 Å². The number of anilines is 1. The molecule has 0 aliphatic carbocycles. The van der Waals surface area contributed by atoms with Gasteiger partial charge in [-0.3, -0.25) is 0 Å². The molecule has 94 valence electrons. The Kier molecular flexibility index (Phi) is 4.45. The van der Waals surface area contributed by atoms with E-state index < -0.39 is 11.6 Å². The lowest BCUT2D eigenvalue weighted by Gasteiger charge is -2.21. The first-order valence-corrected chi connectivity index (χ1v) is 5.46. The zero-order valence-corrected chi connectivity index (χ0v) is 9.96. The van der Waals surface area contributed by atoms with Crippen LogP contribution in [-0.2, 0) is 0 Å². The van der Waals surface area contributed by atoms with E-state index in [2.05, 4.69) is 10.6 Å². The average Bonchev–Trinajstić information content (AvgIpc) is 2.30. The first kappa shape index (κ1) is 13.4. The number of aliphatic hydroxyl groups is 1. The fraction of sp³-hybridized carbons (Fsp3) is 0.417. The summed E-state index contributed by atoms with van der Waals surface area (Å²) in [5.41, 5.74) is -0.416. The van der Waals surface area contributed by atoms with Gasteiger partial charge in [-0.25, -0.2) is 9.18 Å². The Balaban J connectivity index is 2.42. The highest BCUT2D eigenvalue weighted by atomic mass is 19.1. The monoisotopic (exact) mass is 240 g/mol. The molecule has 0 spiro atoms. The normalized spacial score (nSPS) is 13.9. The standard InChI is InChI=1S/C12H17FN2O2/c1-3-12(2,17)8-14-11(16)15-10-6-4-9(13)5-7-10/h4-7,17H,3,8H2,1-2H3,(H2,14,15,16)/t12-/m0/s1. The van der Waals surface area contributed by atoms with Crippen LogP contribution in [0.2, 0.25) is 0 Å². The van der Waals surface area contributed by atoms with Gasteiger partial charge in [0.2, 0.25) is 0 Å². The van der Waals surface area contributed by atoms with Crippen molar-refractivity contribution < 1.29 is 14.3 Å². The number of carbonyl (C=O) groups excluding carboxylic acids is 1. The molecule has 0 aliphatic heterocycles. The van der Waals surface area contributed by atoms with Crippen LogP contribution >= 0.6 is 0 Å². The lowest BCUT2D eigenvalue weighted by Crippen LogP contribution is -2.41.